The number of unbranched alkanes of at least 4 members (excludes halogenated alkanes) is 2. The maximum atomic E-state index is 5.63. The SMILES string of the molecule is CCCCCC(=Cc1ccccc1)C1OCCO1. The Balaban J connectivity index is 2.05. The Labute approximate surface area is 110 Å². The van der Waals surface area contributed by atoms with Crippen LogP contribution in [0.3, 0.4) is 0 Å². The van der Waals surface area contributed by atoms with Gasteiger partial charge in [-0.1, -0.05) is 56.2 Å². The largest absolute Gasteiger partial charge is 0.346 e. The van der Waals surface area contributed by atoms with E-state index >= 15 is 0 Å². The van der Waals surface area contributed by atoms with Gasteiger partial charge in [0.1, 0.15) is 0 Å². The fraction of sp³-hybridized carbons (Fsp3) is 0.500. The monoisotopic (exact) mass is 246 g/mol. The second-order valence-corrected chi connectivity index (χ2v) is 4.66. The highest BCUT2D eigenvalue weighted by molar-refractivity contribution is 5.53. The predicted octanol–water partition coefficient (Wildman–Crippen LogP) is 4.02. The Morgan fingerprint density at radius 1 is 1.17 bits per heavy atom. The van der Waals surface area contributed by atoms with Crippen molar-refractivity contribution in [2.75, 3.05) is 13.2 Å². The van der Waals surface area contributed by atoms with Crippen LogP contribution in [0.25, 0.3) is 6.08 Å². The standard InChI is InChI=1S/C16H22O2/c1-2-3-5-10-15(16-17-11-12-18-16)13-14-8-6-4-7-9-14/h4,6-9,13,16H,2-3,5,10-12H2,1H3. The van der Waals surface area contributed by atoms with Crippen molar-refractivity contribution in [1.29, 1.82) is 0 Å². The van der Waals surface area contributed by atoms with Crippen molar-refractivity contribution in [1.82, 2.24) is 0 Å². The van der Waals surface area contributed by atoms with Crippen LogP contribution in [0.5, 0.6) is 0 Å². The van der Waals surface area contributed by atoms with E-state index in [1.165, 1.54) is 30.4 Å². The first kappa shape index (κ1) is 13.3. The minimum Gasteiger partial charge on any atom is -0.346 e. The van der Waals surface area contributed by atoms with Crippen molar-refractivity contribution in [2.24, 2.45) is 0 Å². The molecule has 2 heteroatoms. The molecule has 18 heavy (non-hydrogen) atoms. The third kappa shape index (κ3) is 3.97. The first-order valence-corrected chi connectivity index (χ1v) is 6.89. The fourth-order valence-electron chi connectivity index (χ4n) is 2.17. The van der Waals surface area contributed by atoms with Gasteiger partial charge in [-0.05, 0) is 24.0 Å². The zero-order chi connectivity index (χ0) is 12.6. The van der Waals surface area contributed by atoms with Crippen LogP contribution < -0.4 is 0 Å². The molecule has 1 aromatic carbocycles. The molecule has 0 amide bonds. The molecule has 0 bridgehead atoms. The molecule has 2 rings (SSSR count). The van der Waals surface area contributed by atoms with Crippen LogP contribution in [0.15, 0.2) is 35.9 Å². The summed E-state index contributed by atoms with van der Waals surface area (Å²) in [5, 5.41) is 0. The maximum absolute atomic E-state index is 5.63. The van der Waals surface area contributed by atoms with E-state index in [1.807, 2.05) is 6.07 Å². The normalized spacial score (nSPS) is 17.3. The molecule has 1 heterocycles. The van der Waals surface area contributed by atoms with Gasteiger partial charge in [-0.15, -0.1) is 0 Å². The van der Waals surface area contributed by atoms with Crippen molar-refractivity contribution in [3.63, 3.8) is 0 Å². The van der Waals surface area contributed by atoms with Gasteiger partial charge in [0.25, 0.3) is 0 Å². The minimum absolute atomic E-state index is 0.123. The first-order chi connectivity index (χ1) is 8.90. The number of rotatable bonds is 6. The van der Waals surface area contributed by atoms with Gasteiger partial charge < -0.3 is 9.47 Å². The fourth-order valence-corrected chi connectivity index (χ4v) is 2.17. The van der Waals surface area contributed by atoms with Gasteiger partial charge in [0, 0.05) is 0 Å². The van der Waals surface area contributed by atoms with Crippen LogP contribution in [0.1, 0.15) is 38.2 Å². The first-order valence-electron chi connectivity index (χ1n) is 6.89. The molecule has 98 valence electrons. The average Bonchev–Trinajstić information content (AvgIpc) is 2.93. The summed E-state index contributed by atoms with van der Waals surface area (Å²) in [4.78, 5) is 0. The number of hydrogen-bond acceptors (Lipinski definition) is 2. The molecule has 1 aromatic rings. The second-order valence-electron chi connectivity index (χ2n) is 4.66. The Morgan fingerprint density at radius 2 is 1.89 bits per heavy atom. The van der Waals surface area contributed by atoms with Crippen LogP contribution in [0, 0.1) is 0 Å². The summed E-state index contributed by atoms with van der Waals surface area (Å²) in [6.07, 6.45) is 6.86. The summed E-state index contributed by atoms with van der Waals surface area (Å²) in [5.41, 5.74) is 2.50. The van der Waals surface area contributed by atoms with E-state index in [0.717, 1.165) is 6.42 Å². The average molecular weight is 246 g/mol. The lowest BCUT2D eigenvalue weighted by Crippen LogP contribution is -2.11. The van der Waals surface area contributed by atoms with Gasteiger partial charge in [0.05, 0.1) is 13.2 Å². The summed E-state index contributed by atoms with van der Waals surface area (Å²) in [6.45, 7) is 3.65. The molecule has 0 unspecified atom stereocenters. The number of hydrogen-bond donors (Lipinski definition) is 0. The Kier molecular flexibility index (Phi) is 5.43. The van der Waals surface area contributed by atoms with Crippen molar-refractivity contribution in [2.45, 2.75) is 38.9 Å². The lowest BCUT2D eigenvalue weighted by molar-refractivity contribution is -0.0127. The summed E-state index contributed by atoms with van der Waals surface area (Å²) in [7, 11) is 0. The van der Waals surface area contributed by atoms with Gasteiger partial charge in [0.15, 0.2) is 6.29 Å². The van der Waals surface area contributed by atoms with Gasteiger partial charge in [-0.2, -0.15) is 0 Å². The third-order valence-corrected chi connectivity index (χ3v) is 3.15. The van der Waals surface area contributed by atoms with E-state index in [9.17, 15) is 0 Å². The van der Waals surface area contributed by atoms with E-state index in [1.54, 1.807) is 0 Å². The molecular weight excluding hydrogens is 224 g/mol. The molecule has 1 aliphatic rings. The second kappa shape index (κ2) is 7.34. The number of ether oxygens (including phenoxy) is 2. The van der Waals surface area contributed by atoms with Crippen molar-refractivity contribution in [3.05, 3.63) is 41.5 Å². The van der Waals surface area contributed by atoms with Crippen LogP contribution in [0.4, 0.5) is 0 Å². The highest BCUT2D eigenvalue weighted by Crippen LogP contribution is 2.22. The third-order valence-electron chi connectivity index (χ3n) is 3.15. The smallest absolute Gasteiger partial charge is 0.180 e. The van der Waals surface area contributed by atoms with E-state index in [4.69, 9.17) is 9.47 Å². The lowest BCUT2D eigenvalue weighted by Gasteiger charge is -2.14. The maximum Gasteiger partial charge on any atom is 0.180 e. The van der Waals surface area contributed by atoms with E-state index in [0.29, 0.717) is 13.2 Å². The van der Waals surface area contributed by atoms with Gasteiger partial charge >= 0.3 is 0 Å². The summed E-state index contributed by atoms with van der Waals surface area (Å²) in [6, 6.07) is 10.4. The van der Waals surface area contributed by atoms with Crippen LogP contribution in [-0.4, -0.2) is 19.5 Å². The molecule has 0 saturated carbocycles. The zero-order valence-corrected chi connectivity index (χ0v) is 11.1. The summed E-state index contributed by atoms with van der Waals surface area (Å²) >= 11 is 0. The highest BCUT2D eigenvalue weighted by atomic mass is 16.7. The van der Waals surface area contributed by atoms with Gasteiger partial charge in [-0.25, -0.2) is 0 Å². The van der Waals surface area contributed by atoms with Crippen molar-refractivity contribution < 1.29 is 9.47 Å². The van der Waals surface area contributed by atoms with E-state index in [-0.39, 0.29) is 6.29 Å². The Bertz CT molecular complexity index is 364. The van der Waals surface area contributed by atoms with E-state index in [2.05, 4.69) is 37.3 Å². The molecule has 0 atom stereocenters. The molecule has 0 N–H and O–H groups in total. The van der Waals surface area contributed by atoms with E-state index < -0.39 is 0 Å². The molecule has 2 nitrogen and oxygen atoms in total. The lowest BCUT2D eigenvalue weighted by atomic mass is 10.0. The number of benzene rings is 1. The van der Waals surface area contributed by atoms with Crippen LogP contribution in [-0.2, 0) is 9.47 Å². The molecule has 0 spiro atoms. The predicted molar refractivity (Wildman–Crippen MR) is 74.3 cm³/mol. The Hall–Kier alpha value is -1.12. The van der Waals surface area contributed by atoms with Crippen molar-refractivity contribution >= 4 is 6.08 Å². The molecular formula is C16H22O2. The zero-order valence-electron chi connectivity index (χ0n) is 11.1. The van der Waals surface area contributed by atoms with Gasteiger partial charge in [-0.3, -0.25) is 0 Å². The highest BCUT2D eigenvalue weighted by Gasteiger charge is 2.20. The van der Waals surface area contributed by atoms with Crippen LogP contribution in [0.2, 0.25) is 0 Å². The molecule has 0 radical (unpaired) electrons. The van der Waals surface area contributed by atoms with Gasteiger partial charge in [0.2, 0.25) is 0 Å². The summed E-state index contributed by atoms with van der Waals surface area (Å²) in [5.74, 6) is 0. The molecule has 0 aliphatic carbocycles. The topological polar surface area (TPSA) is 18.5 Å². The quantitative estimate of drug-likeness (QED) is 0.706. The minimum atomic E-state index is -0.123. The van der Waals surface area contributed by atoms with Crippen molar-refractivity contribution in [3.8, 4) is 0 Å². The Morgan fingerprint density at radius 3 is 2.56 bits per heavy atom. The molecule has 0 aromatic heterocycles. The molecule has 1 aliphatic heterocycles. The molecule has 1 saturated heterocycles. The van der Waals surface area contributed by atoms with Crippen LogP contribution >= 0.6 is 0 Å². The molecule has 1 fully saturated rings. The summed E-state index contributed by atoms with van der Waals surface area (Å²) < 4.78 is 11.3.